The van der Waals surface area contributed by atoms with Crippen LogP contribution in [0.3, 0.4) is 0 Å². The summed E-state index contributed by atoms with van der Waals surface area (Å²) in [6.07, 6.45) is 0. The molecule has 0 N–H and O–H groups in total. The quantitative estimate of drug-likeness (QED) is 0.759. The van der Waals surface area contributed by atoms with Crippen molar-refractivity contribution in [1.29, 1.82) is 0 Å². The maximum absolute atomic E-state index is 14.1. The molecule has 2 aromatic rings. The first-order valence-electron chi connectivity index (χ1n) is 5.35. The molecule has 0 saturated heterocycles. The summed E-state index contributed by atoms with van der Waals surface area (Å²) in [6.45, 7) is 1.65. The number of ether oxygens (including phenoxy) is 1. The smallest absolute Gasteiger partial charge is 0.160 e. The maximum atomic E-state index is 14.1. The number of carbonyl (C=O) groups excluding carboxylic acids is 1. The minimum Gasteiger partial charge on any atom is -0.380 e. The highest BCUT2D eigenvalue weighted by atomic mass is 19.1. The van der Waals surface area contributed by atoms with E-state index in [0.717, 1.165) is 0 Å². The van der Waals surface area contributed by atoms with Crippen LogP contribution in [-0.4, -0.2) is 12.9 Å². The molecule has 0 aliphatic rings. The first kappa shape index (κ1) is 11.7. The van der Waals surface area contributed by atoms with Gasteiger partial charge >= 0.3 is 0 Å². The Kier molecular flexibility index (Phi) is 3.20. The highest BCUT2D eigenvalue weighted by Crippen LogP contribution is 2.26. The molecule has 0 amide bonds. The van der Waals surface area contributed by atoms with Crippen LogP contribution in [0.2, 0.25) is 0 Å². The van der Waals surface area contributed by atoms with E-state index in [-0.39, 0.29) is 18.2 Å². The molecule has 0 aromatic heterocycles. The van der Waals surface area contributed by atoms with E-state index in [2.05, 4.69) is 0 Å². The summed E-state index contributed by atoms with van der Waals surface area (Å²) in [5.74, 6) is -0.383. The molecule has 2 aromatic carbocycles. The maximum Gasteiger partial charge on any atom is 0.160 e. The second-order valence-corrected chi connectivity index (χ2v) is 3.93. The van der Waals surface area contributed by atoms with Crippen LogP contribution in [0.15, 0.2) is 30.3 Å². The number of Topliss-reactive ketones (excluding diaryl/α,β-unsaturated/α-hetero) is 1. The molecule has 0 unspecified atom stereocenters. The molecule has 0 aliphatic carbocycles. The van der Waals surface area contributed by atoms with Crippen molar-refractivity contribution in [2.45, 2.75) is 13.5 Å². The zero-order valence-corrected chi connectivity index (χ0v) is 9.79. The lowest BCUT2D eigenvalue weighted by atomic mass is 9.98. The van der Waals surface area contributed by atoms with Crippen molar-refractivity contribution in [3.8, 4) is 0 Å². The standard InChI is InChI=1S/C14H13FO2/c1-9(16)13-7-10(8-17-2)14(15)12-6-4-3-5-11(12)13/h3-7H,8H2,1-2H3. The monoisotopic (exact) mass is 232 g/mol. The molecule has 2 rings (SSSR count). The summed E-state index contributed by atoms with van der Waals surface area (Å²) >= 11 is 0. The molecule has 0 bridgehead atoms. The van der Waals surface area contributed by atoms with Crippen molar-refractivity contribution in [1.82, 2.24) is 0 Å². The Morgan fingerprint density at radius 2 is 1.94 bits per heavy atom. The minimum absolute atomic E-state index is 0.0708. The number of benzene rings is 2. The predicted molar refractivity (Wildman–Crippen MR) is 64.6 cm³/mol. The fraction of sp³-hybridized carbons (Fsp3) is 0.214. The van der Waals surface area contributed by atoms with Crippen LogP contribution in [-0.2, 0) is 11.3 Å². The molecule has 0 spiro atoms. The van der Waals surface area contributed by atoms with Gasteiger partial charge in [-0.1, -0.05) is 24.3 Å². The summed E-state index contributed by atoms with van der Waals surface area (Å²) < 4.78 is 19.0. The van der Waals surface area contributed by atoms with Gasteiger partial charge in [-0.05, 0) is 18.4 Å². The molecular formula is C14H13FO2. The van der Waals surface area contributed by atoms with Crippen molar-refractivity contribution in [3.05, 3.63) is 47.3 Å². The highest BCUT2D eigenvalue weighted by Gasteiger charge is 2.13. The van der Waals surface area contributed by atoms with Gasteiger partial charge in [0.25, 0.3) is 0 Å². The van der Waals surface area contributed by atoms with Crippen LogP contribution in [0, 0.1) is 5.82 Å². The van der Waals surface area contributed by atoms with E-state index in [1.807, 2.05) is 0 Å². The third-order valence-corrected chi connectivity index (χ3v) is 2.73. The lowest BCUT2D eigenvalue weighted by Gasteiger charge is -2.09. The lowest BCUT2D eigenvalue weighted by Crippen LogP contribution is -2.01. The normalized spacial score (nSPS) is 10.8. The van der Waals surface area contributed by atoms with Gasteiger partial charge in [-0.15, -0.1) is 0 Å². The van der Waals surface area contributed by atoms with Crippen molar-refractivity contribution in [2.75, 3.05) is 7.11 Å². The highest BCUT2D eigenvalue weighted by molar-refractivity contribution is 6.07. The summed E-state index contributed by atoms with van der Waals surface area (Å²) in [6, 6.07) is 8.56. The summed E-state index contributed by atoms with van der Waals surface area (Å²) in [5, 5.41) is 1.12. The SMILES string of the molecule is COCc1cc(C(C)=O)c2ccccc2c1F. The van der Waals surface area contributed by atoms with Gasteiger partial charge in [0.15, 0.2) is 5.78 Å². The molecule has 88 valence electrons. The molecular weight excluding hydrogens is 219 g/mol. The largest absolute Gasteiger partial charge is 0.380 e. The van der Waals surface area contributed by atoms with Gasteiger partial charge < -0.3 is 4.74 Å². The zero-order chi connectivity index (χ0) is 12.4. The number of hydrogen-bond donors (Lipinski definition) is 0. The van der Waals surface area contributed by atoms with Gasteiger partial charge in [-0.3, -0.25) is 4.79 Å². The second kappa shape index (κ2) is 4.63. The average Bonchev–Trinajstić information content (AvgIpc) is 2.32. The van der Waals surface area contributed by atoms with Gasteiger partial charge in [0, 0.05) is 23.6 Å². The van der Waals surface area contributed by atoms with Crippen molar-refractivity contribution < 1.29 is 13.9 Å². The van der Waals surface area contributed by atoms with Gasteiger partial charge in [-0.25, -0.2) is 4.39 Å². The lowest BCUT2D eigenvalue weighted by molar-refractivity contribution is 0.101. The fourth-order valence-corrected chi connectivity index (χ4v) is 1.95. The van der Waals surface area contributed by atoms with Gasteiger partial charge in [0.1, 0.15) is 5.82 Å². The Hall–Kier alpha value is -1.74. The minimum atomic E-state index is -0.313. The predicted octanol–water partition coefficient (Wildman–Crippen LogP) is 3.33. The van der Waals surface area contributed by atoms with Crippen LogP contribution >= 0.6 is 0 Å². The van der Waals surface area contributed by atoms with Crippen molar-refractivity contribution in [2.24, 2.45) is 0 Å². The van der Waals surface area contributed by atoms with E-state index in [4.69, 9.17) is 4.74 Å². The number of hydrogen-bond acceptors (Lipinski definition) is 2. The van der Waals surface area contributed by atoms with E-state index < -0.39 is 0 Å². The molecule has 0 radical (unpaired) electrons. The number of halogens is 1. The molecule has 0 atom stereocenters. The Labute approximate surface area is 99.0 Å². The van der Waals surface area contributed by atoms with Crippen LogP contribution in [0.4, 0.5) is 4.39 Å². The number of fused-ring (bicyclic) bond motifs is 1. The first-order valence-corrected chi connectivity index (χ1v) is 5.35. The number of rotatable bonds is 3. The van der Waals surface area contributed by atoms with E-state index in [0.29, 0.717) is 21.9 Å². The number of carbonyl (C=O) groups is 1. The van der Waals surface area contributed by atoms with Crippen LogP contribution in [0.25, 0.3) is 10.8 Å². The van der Waals surface area contributed by atoms with Gasteiger partial charge in [-0.2, -0.15) is 0 Å². The van der Waals surface area contributed by atoms with Crippen molar-refractivity contribution >= 4 is 16.6 Å². The zero-order valence-electron chi connectivity index (χ0n) is 9.79. The molecule has 0 fully saturated rings. The molecule has 0 saturated carbocycles. The summed E-state index contributed by atoms with van der Waals surface area (Å²) in [7, 11) is 1.50. The topological polar surface area (TPSA) is 26.3 Å². The fourth-order valence-electron chi connectivity index (χ4n) is 1.95. The van der Waals surface area contributed by atoms with E-state index in [9.17, 15) is 9.18 Å². The second-order valence-electron chi connectivity index (χ2n) is 3.93. The Morgan fingerprint density at radius 1 is 1.29 bits per heavy atom. The van der Waals surface area contributed by atoms with E-state index >= 15 is 0 Å². The Balaban J connectivity index is 2.79. The van der Waals surface area contributed by atoms with Crippen LogP contribution in [0.5, 0.6) is 0 Å². The van der Waals surface area contributed by atoms with Crippen molar-refractivity contribution in [3.63, 3.8) is 0 Å². The number of methoxy groups -OCH3 is 1. The van der Waals surface area contributed by atoms with Crippen LogP contribution < -0.4 is 0 Å². The van der Waals surface area contributed by atoms with Gasteiger partial charge in [0.05, 0.1) is 6.61 Å². The summed E-state index contributed by atoms with van der Waals surface area (Å²) in [4.78, 5) is 11.6. The number of ketones is 1. The Bertz CT molecular complexity index is 576. The van der Waals surface area contributed by atoms with E-state index in [1.54, 1.807) is 30.3 Å². The summed E-state index contributed by atoms with van der Waals surface area (Å²) in [5.41, 5.74) is 0.949. The molecule has 0 heterocycles. The van der Waals surface area contributed by atoms with Crippen LogP contribution in [0.1, 0.15) is 22.8 Å². The molecule has 2 nitrogen and oxygen atoms in total. The molecule has 17 heavy (non-hydrogen) atoms. The van der Waals surface area contributed by atoms with Gasteiger partial charge in [0.2, 0.25) is 0 Å². The third kappa shape index (κ3) is 2.06. The average molecular weight is 232 g/mol. The molecule has 0 aliphatic heterocycles. The Morgan fingerprint density at radius 3 is 2.53 bits per heavy atom. The third-order valence-electron chi connectivity index (χ3n) is 2.73. The van der Waals surface area contributed by atoms with E-state index in [1.165, 1.54) is 14.0 Å². The first-order chi connectivity index (χ1) is 8.15. The molecule has 3 heteroatoms.